The maximum absolute atomic E-state index is 12.3. The monoisotopic (exact) mass is 328 g/mol. The van der Waals surface area contributed by atoms with E-state index < -0.39 is 5.60 Å². The van der Waals surface area contributed by atoms with Gasteiger partial charge in [-0.3, -0.25) is 0 Å². The molecule has 0 unspecified atom stereocenters. The van der Waals surface area contributed by atoms with Gasteiger partial charge in [0, 0.05) is 24.8 Å². The van der Waals surface area contributed by atoms with Gasteiger partial charge in [-0.05, 0) is 51.3 Å². The molecular formula is C18H24N4O2. The molecule has 128 valence electrons. The maximum Gasteiger partial charge on any atom is 0.410 e. The molecular weight excluding hydrogens is 304 g/mol. The number of aromatic nitrogens is 2. The van der Waals surface area contributed by atoms with Crippen LogP contribution in [0.4, 0.5) is 10.6 Å². The lowest BCUT2D eigenvalue weighted by Crippen LogP contribution is -2.40. The molecule has 1 aromatic carbocycles. The number of carbonyl (C=O) groups excluding carboxylic acids is 1. The quantitative estimate of drug-likeness (QED) is 0.873. The molecule has 1 aromatic heterocycles. The first-order valence-corrected chi connectivity index (χ1v) is 8.15. The molecule has 2 N–H and O–H groups in total. The molecule has 3 rings (SSSR count). The fourth-order valence-corrected chi connectivity index (χ4v) is 2.88. The summed E-state index contributed by atoms with van der Waals surface area (Å²) in [6.45, 7) is 8.77. The van der Waals surface area contributed by atoms with Gasteiger partial charge in [0.1, 0.15) is 11.4 Å². The van der Waals surface area contributed by atoms with Gasteiger partial charge in [-0.15, -0.1) is 0 Å². The highest BCUT2D eigenvalue weighted by Gasteiger charge is 2.27. The first-order chi connectivity index (χ1) is 11.2. The Morgan fingerprint density at radius 1 is 1.33 bits per heavy atom. The lowest BCUT2D eigenvalue weighted by Gasteiger charge is -2.32. The Morgan fingerprint density at radius 3 is 2.71 bits per heavy atom. The molecule has 0 fully saturated rings. The number of nitrogens with two attached hydrogens (primary N) is 1. The summed E-state index contributed by atoms with van der Waals surface area (Å²) in [5.41, 5.74) is 9.70. The highest BCUT2D eigenvalue weighted by atomic mass is 16.6. The molecule has 0 atom stereocenters. The Kier molecular flexibility index (Phi) is 3.99. The van der Waals surface area contributed by atoms with Crippen LogP contribution in [0.25, 0.3) is 5.69 Å². The zero-order chi connectivity index (χ0) is 17.5. The SMILES string of the molecule is Cc1cn(-c2cccc3c2CCN(C(=O)OC(C)(C)C)C3)nc1N. The van der Waals surface area contributed by atoms with E-state index in [1.807, 2.05) is 50.7 Å². The van der Waals surface area contributed by atoms with E-state index in [-0.39, 0.29) is 6.09 Å². The third-order valence-corrected chi connectivity index (χ3v) is 4.08. The van der Waals surface area contributed by atoms with Gasteiger partial charge in [0.05, 0.1) is 5.69 Å². The molecule has 0 radical (unpaired) electrons. The molecule has 1 aliphatic heterocycles. The summed E-state index contributed by atoms with van der Waals surface area (Å²) in [6.07, 6.45) is 2.44. The molecule has 0 saturated heterocycles. The molecule has 6 nitrogen and oxygen atoms in total. The third-order valence-electron chi connectivity index (χ3n) is 4.08. The van der Waals surface area contributed by atoms with E-state index in [0.29, 0.717) is 18.9 Å². The Hall–Kier alpha value is -2.50. The number of nitrogen functional groups attached to an aromatic ring is 1. The van der Waals surface area contributed by atoms with Crippen LogP contribution in [0.3, 0.4) is 0 Å². The largest absolute Gasteiger partial charge is 0.444 e. The van der Waals surface area contributed by atoms with Crippen molar-refractivity contribution in [2.75, 3.05) is 12.3 Å². The highest BCUT2D eigenvalue weighted by Crippen LogP contribution is 2.27. The van der Waals surface area contributed by atoms with Gasteiger partial charge in [0.25, 0.3) is 0 Å². The fraction of sp³-hybridized carbons (Fsp3) is 0.444. The number of hydrogen-bond donors (Lipinski definition) is 1. The van der Waals surface area contributed by atoms with Gasteiger partial charge >= 0.3 is 6.09 Å². The summed E-state index contributed by atoms with van der Waals surface area (Å²) in [7, 11) is 0. The number of benzene rings is 1. The van der Waals surface area contributed by atoms with E-state index in [1.54, 1.807) is 4.90 Å². The zero-order valence-electron chi connectivity index (χ0n) is 14.7. The van der Waals surface area contributed by atoms with Crippen LogP contribution in [-0.2, 0) is 17.7 Å². The average molecular weight is 328 g/mol. The minimum absolute atomic E-state index is 0.266. The highest BCUT2D eigenvalue weighted by molar-refractivity contribution is 5.69. The van der Waals surface area contributed by atoms with E-state index in [2.05, 4.69) is 11.2 Å². The number of fused-ring (bicyclic) bond motifs is 1. The summed E-state index contributed by atoms with van der Waals surface area (Å²) in [5.74, 6) is 0.541. The summed E-state index contributed by atoms with van der Waals surface area (Å²) in [4.78, 5) is 14.0. The molecule has 2 aromatic rings. The smallest absolute Gasteiger partial charge is 0.410 e. The normalized spacial score (nSPS) is 14.4. The number of ether oxygens (including phenoxy) is 1. The minimum Gasteiger partial charge on any atom is -0.444 e. The summed E-state index contributed by atoms with van der Waals surface area (Å²) in [5, 5.41) is 4.38. The molecule has 1 amide bonds. The Balaban J connectivity index is 1.86. The first-order valence-electron chi connectivity index (χ1n) is 8.15. The molecule has 0 saturated carbocycles. The zero-order valence-corrected chi connectivity index (χ0v) is 14.7. The number of nitrogens with zero attached hydrogens (tertiary/aromatic N) is 3. The van der Waals surface area contributed by atoms with Crippen LogP contribution in [0.5, 0.6) is 0 Å². The first kappa shape index (κ1) is 16.4. The van der Waals surface area contributed by atoms with Crippen molar-refractivity contribution in [3.8, 4) is 5.69 Å². The Labute approximate surface area is 142 Å². The second-order valence-electron chi connectivity index (χ2n) is 7.21. The Morgan fingerprint density at radius 2 is 2.08 bits per heavy atom. The summed E-state index contributed by atoms with van der Waals surface area (Å²) < 4.78 is 7.31. The van der Waals surface area contributed by atoms with E-state index in [9.17, 15) is 4.79 Å². The van der Waals surface area contributed by atoms with E-state index in [1.165, 1.54) is 5.56 Å². The number of anilines is 1. The van der Waals surface area contributed by atoms with Crippen LogP contribution in [-0.4, -0.2) is 32.9 Å². The van der Waals surface area contributed by atoms with Crippen LogP contribution in [0.1, 0.15) is 37.5 Å². The van der Waals surface area contributed by atoms with Crippen molar-refractivity contribution >= 4 is 11.9 Å². The average Bonchev–Trinajstić information content (AvgIpc) is 2.83. The van der Waals surface area contributed by atoms with Gasteiger partial charge in [-0.25, -0.2) is 9.48 Å². The number of aryl methyl sites for hydroxylation is 1. The summed E-state index contributed by atoms with van der Waals surface area (Å²) >= 11 is 0. The molecule has 1 aliphatic rings. The molecule has 0 spiro atoms. The van der Waals surface area contributed by atoms with Crippen molar-refractivity contribution in [2.24, 2.45) is 0 Å². The second-order valence-corrected chi connectivity index (χ2v) is 7.21. The lowest BCUT2D eigenvalue weighted by molar-refractivity contribution is 0.0224. The predicted octanol–water partition coefficient (Wildman–Crippen LogP) is 3.06. The van der Waals surface area contributed by atoms with E-state index in [0.717, 1.165) is 23.2 Å². The standard InChI is InChI=1S/C18H24N4O2/c1-12-10-22(20-16(12)19)15-7-5-6-13-11-21(9-8-14(13)15)17(23)24-18(2,3)4/h5-7,10H,8-9,11H2,1-4H3,(H2,19,20). The Bertz CT molecular complexity index is 754. The number of amides is 1. The van der Waals surface area contributed by atoms with Crippen molar-refractivity contribution in [1.29, 1.82) is 0 Å². The summed E-state index contributed by atoms with van der Waals surface area (Å²) in [6, 6.07) is 6.07. The molecule has 6 heteroatoms. The van der Waals surface area contributed by atoms with Crippen LogP contribution >= 0.6 is 0 Å². The van der Waals surface area contributed by atoms with Gasteiger partial charge in [-0.2, -0.15) is 5.10 Å². The second kappa shape index (κ2) is 5.85. The maximum atomic E-state index is 12.3. The van der Waals surface area contributed by atoms with Crippen molar-refractivity contribution in [3.05, 3.63) is 41.1 Å². The van der Waals surface area contributed by atoms with Gasteiger partial charge in [-0.1, -0.05) is 12.1 Å². The van der Waals surface area contributed by atoms with Crippen molar-refractivity contribution in [1.82, 2.24) is 14.7 Å². The number of rotatable bonds is 1. The van der Waals surface area contributed by atoms with Crippen molar-refractivity contribution in [2.45, 2.75) is 46.3 Å². The van der Waals surface area contributed by atoms with Crippen LogP contribution in [0, 0.1) is 6.92 Å². The topological polar surface area (TPSA) is 73.4 Å². The minimum atomic E-state index is -0.483. The van der Waals surface area contributed by atoms with Crippen molar-refractivity contribution < 1.29 is 9.53 Å². The molecule has 0 aliphatic carbocycles. The van der Waals surface area contributed by atoms with Gasteiger partial charge in [0.15, 0.2) is 0 Å². The van der Waals surface area contributed by atoms with E-state index in [4.69, 9.17) is 10.5 Å². The molecule has 0 bridgehead atoms. The van der Waals surface area contributed by atoms with Gasteiger partial charge in [0.2, 0.25) is 0 Å². The van der Waals surface area contributed by atoms with E-state index >= 15 is 0 Å². The van der Waals surface area contributed by atoms with Gasteiger partial charge < -0.3 is 15.4 Å². The number of carbonyl (C=O) groups is 1. The van der Waals surface area contributed by atoms with Crippen LogP contribution < -0.4 is 5.73 Å². The van der Waals surface area contributed by atoms with Crippen LogP contribution in [0.15, 0.2) is 24.4 Å². The lowest BCUT2D eigenvalue weighted by atomic mass is 9.98. The number of hydrogen-bond acceptors (Lipinski definition) is 4. The third kappa shape index (κ3) is 3.22. The fourth-order valence-electron chi connectivity index (χ4n) is 2.88. The molecule has 2 heterocycles. The molecule has 24 heavy (non-hydrogen) atoms. The van der Waals surface area contributed by atoms with Crippen LogP contribution in [0.2, 0.25) is 0 Å². The predicted molar refractivity (Wildman–Crippen MR) is 93.1 cm³/mol. The van der Waals surface area contributed by atoms with Crippen molar-refractivity contribution in [3.63, 3.8) is 0 Å².